The van der Waals surface area contributed by atoms with E-state index in [-0.39, 0.29) is 11.5 Å². The number of phenols is 2. The number of benzene rings is 2. The third-order valence-corrected chi connectivity index (χ3v) is 4.59. The molecular weight excluding hydrogens is 294 g/mol. The molecule has 1 aliphatic heterocycles. The molecule has 4 heteroatoms. The summed E-state index contributed by atoms with van der Waals surface area (Å²) in [5, 5.41) is 18.4. The van der Waals surface area contributed by atoms with Crippen molar-refractivity contribution < 1.29 is 10.2 Å². The monoisotopic (exact) mass is 317 g/mol. The van der Waals surface area contributed by atoms with Gasteiger partial charge in [-0.3, -0.25) is 0 Å². The van der Waals surface area contributed by atoms with Gasteiger partial charge < -0.3 is 10.2 Å². The van der Waals surface area contributed by atoms with Gasteiger partial charge in [0.1, 0.15) is 0 Å². The molecule has 118 valence electrons. The molecule has 0 spiro atoms. The Morgan fingerprint density at radius 3 is 2.18 bits per heavy atom. The predicted octanol–water partition coefficient (Wildman–Crippen LogP) is 4.45. The van der Waals surface area contributed by atoms with Crippen LogP contribution < -0.4 is 0 Å². The van der Waals surface area contributed by atoms with Crippen molar-refractivity contribution in [2.24, 2.45) is 0 Å². The van der Waals surface area contributed by atoms with Crippen LogP contribution in [0.2, 0.25) is 0 Å². The lowest BCUT2D eigenvalue weighted by molar-refractivity contribution is 0.402. The van der Waals surface area contributed by atoms with Crippen LogP contribution in [0.1, 0.15) is 25.3 Å². The van der Waals surface area contributed by atoms with Crippen LogP contribution in [0.15, 0.2) is 53.4 Å². The Labute approximate surface area is 136 Å². The molecule has 0 atom stereocenters. The molecule has 3 rings (SSSR count). The van der Waals surface area contributed by atoms with Gasteiger partial charge in [-0.1, -0.05) is 37.3 Å². The van der Waals surface area contributed by atoms with Gasteiger partial charge >= 0.3 is 0 Å². The summed E-state index contributed by atoms with van der Waals surface area (Å²) < 4.78 is 2.27. The molecule has 0 bridgehead atoms. The van der Waals surface area contributed by atoms with Gasteiger partial charge in [-0.15, -0.1) is 0 Å². The average Bonchev–Trinajstić information content (AvgIpc) is 3.05. The summed E-state index contributed by atoms with van der Waals surface area (Å²) >= 11 is 1.64. The van der Waals surface area contributed by atoms with E-state index >= 15 is 0 Å². The topological polar surface area (TPSA) is 43.7 Å². The number of rotatable bonds is 3. The van der Waals surface area contributed by atoms with Gasteiger partial charge in [0, 0.05) is 18.0 Å². The summed E-state index contributed by atoms with van der Waals surface area (Å²) in [5.74, 6) is -0.107. The Morgan fingerprint density at radius 1 is 0.955 bits per heavy atom. The molecule has 1 saturated heterocycles. The van der Waals surface area contributed by atoms with E-state index in [9.17, 15) is 5.11 Å². The molecule has 2 N–H and O–H groups in total. The van der Waals surface area contributed by atoms with Crippen LogP contribution in [-0.2, 0) is 6.42 Å². The maximum atomic E-state index is 9.29. The third-order valence-electron chi connectivity index (χ3n) is 3.50. The Kier molecular flexibility index (Phi) is 6.62. The molecule has 1 aliphatic rings. The van der Waals surface area contributed by atoms with Crippen molar-refractivity contribution in [3.05, 3.63) is 54.1 Å². The number of hydrogen-bond acceptors (Lipinski definition) is 4. The Balaban J connectivity index is 0.000000188. The van der Waals surface area contributed by atoms with Crippen LogP contribution >= 0.6 is 11.9 Å². The molecular formula is C18H23NO2S. The van der Waals surface area contributed by atoms with E-state index in [1.54, 1.807) is 18.0 Å². The van der Waals surface area contributed by atoms with Crippen LogP contribution in [0.3, 0.4) is 0 Å². The van der Waals surface area contributed by atoms with E-state index in [1.165, 1.54) is 24.5 Å². The van der Waals surface area contributed by atoms with Crippen molar-refractivity contribution in [3.8, 4) is 11.5 Å². The summed E-state index contributed by atoms with van der Waals surface area (Å²) in [6.45, 7) is 4.37. The predicted molar refractivity (Wildman–Crippen MR) is 92.3 cm³/mol. The molecule has 1 heterocycles. The summed E-state index contributed by atoms with van der Waals surface area (Å²) in [4.78, 5) is 0.974. The molecule has 22 heavy (non-hydrogen) atoms. The molecule has 2 aromatic rings. The fourth-order valence-electron chi connectivity index (χ4n) is 2.20. The zero-order valence-electron chi connectivity index (χ0n) is 12.9. The standard InChI is InChI=1S/C10H13NO2S.C8H10/c12-9-4-3-8(7-10(9)13)14-11-5-1-2-6-11;1-2-8-6-4-3-5-7-8/h3-4,7,12-13H,1-2,5-6H2;3-7H,2H2,1H3. The van der Waals surface area contributed by atoms with E-state index in [0.717, 1.165) is 24.4 Å². The van der Waals surface area contributed by atoms with E-state index in [2.05, 4.69) is 35.5 Å². The molecule has 0 amide bonds. The zero-order valence-corrected chi connectivity index (χ0v) is 13.7. The van der Waals surface area contributed by atoms with Gasteiger partial charge in [0.25, 0.3) is 0 Å². The first-order valence-corrected chi connectivity index (χ1v) is 8.45. The van der Waals surface area contributed by atoms with Crippen molar-refractivity contribution in [1.29, 1.82) is 0 Å². The van der Waals surface area contributed by atoms with Crippen LogP contribution in [0, 0.1) is 0 Å². The first-order valence-electron chi connectivity index (χ1n) is 7.68. The van der Waals surface area contributed by atoms with Gasteiger partial charge in [-0.25, -0.2) is 4.31 Å². The Hall–Kier alpha value is -1.65. The molecule has 0 saturated carbocycles. The molecule has 3 nitrogen and oxygen atoms in total. The van der Waals surface area contributed by atoms with Crippen LogP contribution in [0.5, 0.6) is 11.5 Å². The molecule has 0 aliphatic carbocycles. The first kappa shape index (κ1) is 16.7. The van der Waals surface area contributed by atoms with Gasteiger partial charge in [-0.2, -0.15) is 0 Å². The van der Waals surface area contributed by atoms with Crippen molar-refractivity contribution in [2.45, 2.75) is 31.1 Å². The average molecular weight is 317 g/mol. The molecule has 1 fully saturated rings. The smallest absolute Gasteiger partial charge is 0.158 e. The van der Waals surface area contributed by atoms with Crippen LogP contribution in [-0.4, -0.2) is 27.6 Å². The van der Waals surface area contributed by atoms with E-state index in [4.69, 9.17) is 5.11 Å². The van der Waals surface area contributed by atoms with Crippen LogP contribution in [0.25, 0.3) is 0 Å². The maximum absolute atomic E-state index is 9.29. The fraction of sp³-hybridized carbons (Fsp3) is 0.333. The largest absolute Gasteiger partial charge is 0.504 e. The van der Waals surface area contributed by atoms with Crippen molar-refractivity contribution in [3.63, 3.8) is 0 Å². The third kappa shape index (κ3) is 5.28. The quantitative estimate of drug-likeness (QED) is 0.648. The van der Waals surface area contributed by atoms with Crippen LogP contribution in [0.4, 0.5) is 0 Å². The molecule has 2 aromatic carbocycles. The van der Waals surface area contributed by atoms with Crippen molar-refractivity contribution >= 4 is 11.9 Å². The second-order valence-electron chi connectivity index (χ2n) is 5.22. The summed E-state index contributed by atoms with van der Waals surface area (Å²) in [6.07, 6.45) is 3.63. The zero-order chi connectivity index (χ0) is 15.8. The van der Waals surface area contributed by atoms with E-state index < -0.39 is 0 Å². The summed E-state index contributed by atoms with van der Waals surface area (Å²) in [6, 6.07) is 15.4. The fourth-order valence-corrected chi connectivity index (χ4v) is 3.23. The lowest BCUT2D eigenvalue weighted by Gasteiger charge is -2.13. The first-order chi connectivity index (χ1) is 10.7. The summed E-state index contributed by atoms with van der Waals surface area (Å²) in [7, 11) is 0. The number of hydrogen-bond donors (Lipinski definition) is 2. The number of aryl methyl sites for hydroxylation is 1. The van der Waals surface area contributed by atoms with Gasteiger partial charge in [0.05, 0.1) is 0 Å². The highest BCUT2D eigenvalue weighted by Gasteiger charge is 2.13. The SMILES string of the molecule is CCc1ccccc1.Oc1ccc(SN2CCCC2)cc1O. The Morgan fingerprint density at radius 2 is 1.64 bits per heavy atom. The lowest BCUT2D eigenvalue weighted by atomic mass is 10.2. The minimum Gasteiger partial charge on any atom is -0.504 e. The second-order valence-corrected chi connectivity index (χ2v) is 6.39. The van der Waals surface area contributed by atoms with Crippen molar-refractivity contribution in [2.75, 3.05) is 13.1 Å². The second kappa shape index (κ2) is 8.71. The highest BCUT2D eigenvalue weighted by Crippen LogP contribution is 2.32. The molecule has 0 unspecified atom stereocenters. The van der Waals surface area contributed by atoms with Crippen molar-refractivity contribution in [1.82, 2.24) is 4.31 Å². The maximum Gasteiger partial charge on any atom is 0.158 e. The number of aromatic hydroxyl groups is 2. The van der Waals surface area contributed by atoms with Gasteiger partial charge in [0.2, 0.25) is 0 Å². The normalized spacial score (nSPS) is 14.4. The Bertz CT molecular complexity index is 569. The highest BCUT2D eigenvalue weighted by atomic mass is 32.2. The van der Waals surface area contributed by atoms with Gasteiger partial charge in [-0.05, 0) is 55.0 Å². The summed E-state index contributed by atoms with van der Waals surface area (Å²) in [5.41, 5.74) is 1.41. The lowest BCUT2D eigenvalue weighted by Crippen LogP contribution is -2.08. The number of nitrogens with zero attached hydrogens (tertiary/aromatic N) is 1. The van der Waals surface area contributed by atoms with E-state index in [1.807, 2.05) is 12.1 Å². The van der Waals surface area contributed by atoms with Gasteiger partial charge in [0.15, 0.2) is 11.5 Å². The molecule has 0 radical (unpaired) electrons. The van der Waals surface area contributed by atoms with E-state index in [0.29, 0.717) is 0 Å². The minimum absolute atomic E-state index is 0.0470. The number of phenolic OH excluding ortho intramolecular Hbond substituents is 2. The minimum atomic E-state index is -0.0595. The molecule has 0 aromatic heterocycles. The highest BCUT2D eigenvalue weighted by molar-refractivity contribution is 7.97.